The Labute approximate surface area is 112 Å². The van der Waals surface area contributed by atoms with E-state index in [4.69, 9.17) is 5.11 Å². The fraction of sp³-hybridized carbons (Fsp3) is 0.0833. The number of aromatic nitrogens is 2. The molecule has 104 valence electrons. The van der Waals surface area contributed by atoms with Gasteiger partial charge in [0.05, 0.1) is 24.3 Å². The summed E-state index contributed by atoms with van der Waals surface area (Å²) in [6.45, 7) is 0.184. The van der Waals surface area contributed by atoms with E-state index >= 15 is 0 Å². The van der Waals surface area contributed by atoms with Gasteiger partial charge in [0, 0.05) is 6.20 Å². The maximum absolute atomic E-state index is 13.4. The molecular formula is C12H11FN4O3. The smallest absolute Gasteiger partial charge is 0.340 e. The van der Waals surface area contributed by atoms with Crippen molar-refractivity contribution >= 4 is 17.7 Å². The average molecular weight is 278 g/mol. The first kappa shape index (κ1) is 13.5. The van der Waals surface area contributed by atoms with Gasteiger partial charge in [0.2, 0.25) is 0 Å². The van der Waals surface area contributed by atoms with Crippen molar-refractivity contribution in [2.24, 2.45) is 0 Å². The van der Waals surface area contributed by atoms with Gasteiger partial charge in [0.15, 0.2) is 0 Å². The number of anilines is 1. The van der Waals surface area contributed by atoms with Crippen molar-refractivity contribution < 1.29 is 19.1 Å². The molecule has 7 nitrogen and oxygen atoms in total. The highest BCUT2D eigenvalue weighted by molar-refractivity contribution is 6.00. The van der Waals surface area contributed by atoms with Crippen LogP contribution < -0.4 is 10.6 Å². The molecule has 0 spiro atoms. The van der Waals surface area contributed by atoms with Crippen molar-refractivity contribution in [1.82, 2.24) is 15.3 Å². The third kappa shape index (κ3) is 3.10. The molecule has 2 amide bonds. The predicted molar refractivity (Wildman–Crippen MR) is 67.8 cm³/mol. The minimum Gasteiger partial charge on any atom is -0.478 e. The van der Waals surface area contributed by atoms with Gasteiger partial charge in [-0.2, -0.15) is 0 Å². The van der Waals surface area contributed by atoms with Crippen LogP contribution in [0, 0.1) is 5.82 Å². The van der Waals surface area contributed by atoms with Gasteiger partial charge in [-0.1, -0.05) is 6.07 Å². The van der Waals surface area contributed by atoms with Crippen molar-refractivity contribution in [3.8, 4) is 0 Å². The summed E-state index contributed by atoms with van der Waals surface area (Å²) in [6.07, 6.45) is 3.00. The van der Waals surface area contributed by atoms with Crippen LogP contribution in [0.25, 0.3) is 0 Å². The molecule has 0 atom stereocenters. The molecule has 0 saturated carbocycles. The number of aromatic amines is 1. The van der Waals surface area contributed by atoms with Gasteiger partial charge in [0.25, 0.3) is 0 Å². The molecule has 0 radical (unpaired) electrons. The van der Waals surface area contributed by atoms with E-state index in [2.05, 4.69) is 20.6 Å². The molecule has 0 unspecified atom stereocenters. The summed E-state index contributed by atoms with van der Waals surface area (Å²) >= 11 is 0. The largest absolute Gasteiger partial charge is 0.478 e. The molecular weight excluding hydrogens is 267 g/mol. The number of benzene rings is 1. The molecule has 1 aromatic heterocycles. The Hall–Kier alpha value is -2.90. The normalized spacial score (nSPS) is 10.1. The molecule has 0 aliphatic heterocycles. The van der Waals surface area contributed by atoms with Crippen LogP contribution in [0.4, 0.5) is 14.9 Å². The number of carbonyl (C=O) groups excluding carboxylic acids is 1. The number of urea groups is 1. The zero-order valence-electron chi connectivity index (χ0n) is 10.2. The fourth-order valence-electron chi connectivity index (χ4n) is 1.57. The van der Waals surface area contributed by atoms with Crippen molar-refractivity contribution in [2.75, 3.05) is 5.32 Å². The highest BCUT2D eigenvalue weighted by Crippen LogP contribution is 2.18. The molecule has 0 fully saturated rings. The van der Waals surface area contributed by atoms with Gasteiger partial charge >= 0.3 is 12.0 Å². The van der Waals surface area contributed by atoms with Crippen molar-refractivity contribution in [3.05, 3.63) is 47.8 Å². The number of amides is 2. The van der Waals surface area contributed by atoms with Crippen molar-refractivity contribution in [3.63, 3.8) is 0 Å². The zero-order chi connectivity index (χ0) is 14.5. The van der Waals surface area contributed by atoms with Crippen LogP contribution in [-0.4, -0.2) is 27.1 Å². The van der Waals surface area contributed by atoms with Crippen LogP contribution in [0.3, 0.4) is 0 Å². The van der Waals surface area contributed by atoms with Gasteiger partial charge in [0.1, 0.15) is 11.4 Å². The highest BCUT2D eigenvalue weighted by Gasteiger charge is 2.17. The first-order valence-corrected chi connectivity index (χ1v) is 5.62. The Morgan fingerprint density at radius 2 is 2.20 bits per heavy atom. The lowest BCUT2D eigenvalue weighted by molar-refractivity contribution is 0.0693. The third-order valence-corrected chi connectivity index (χ3v) is 2.47. The van der Waals surface area contributed by atoms with Gasteiger partial charge < -0.3 is 20.7 Å². The van der Waals surface area contributed by atoms with E-state index in [1.165, 1.54) is 24.7 Å². The van der Waals surface area contributed by atoms with E-state index in [1.807, 2.05) is 0 Å². The first-order valence-electron chi connectivity index (χ1n) is 5.62. The Morgan fingerprint density at radius 3 is 2.85 bits per heavy atom. The summed E-state index contributed by atoms with van der Waals surface area (Å²) in [5.41, 5.74) is -0.0124. The standard InChI is InChI=1S/C12H11FN4O3/c13-8-2-1-3-9(10(8)11(18)19)17-12(20)15-5-7-4-14-6-16-7/h1-4,6H,5H2,(H,14,16)(H,18,19)(H2,15,17,20). The second-order valence-electron chi connectivity index (χ2n) is 3.85. The van der Waals surface area contributed by atoms with E-state index in [9.17, 15) is 14.0 Å². The zero-order valence-corrected chi connectivity index (χ0v) is 10.2. The van der Waals surface area contributed by atoms with Crippen LogP contribution in [0.5, 0.6) is 0 Å². The second kappa shape index (κ2) is 5.83. The molecule has 0 aliphatic carbocycles. The number of carbonyl (C=O) groups is 2. The number of nitrogens with zero attached hydrogens (tertiary/aromatic N) is 1. The monoisotopic (exact) mass is 278 g/mol. The summed E-state index contributed by atoms with van der Waals surface area (Å²) in [6, 6.07) is 2.99. The van der Waals surface area contributed by atoms with Crippen LogP contribution in [0.2, 0.25) is 0 Å². The number of H-pyrrole nitrogens is 1. The third-order valence-electron chi connectivity index (χ3n) is 2.47. The minimum absolute atomic E-state index is 0.111. The first-order chi connectivity index (χ1) is 9.58. The molecule has 8 heteroatoms. The molecule has 0 aliphatic rings. The summed E-state index contributed by atoms with van der Waals surface area (Å²) < 4.78 is 13.4. The lowest BCUT2D eigenvalue weighted by Gasteiger charge is -2.09. The molecule has 1 aromatic carbocycles. The molecule has 2 aromatic rings. The van der Waals surface area contributed by atoms with Crippen molar-refractivity contribution in [1.29, 1.82) is 0 Å². The molecule has 4 N–H and O–H groups in total. The Morgan fingerprint density at radius 1 is 1.40 bits per heavy atom. The topological polar surface area (TPSA) is 107 Å². The lowest BCUT2D eigenvalue weighted by Crippen LogP contribution is -2.29. The molecule has 1 heterocycles. The number of hydrogen-bond donors (Lipinski definition) is 4. The quantitative estimate of drug-likeness (QED) is 0.680. The average Bonchev–Trinajstić information content (AvgIpc) is 2.89. The van der Waals surface area contributed by atoms with E-state index in [1.54, 1.807) is 0 Å². The van der Waals surface area contributed by atoms with Gasteiger partial charge in [-0.15, -0.1) is 0 Å². The van der Waals surface area contributed by atoms with Crippen LogP contribution in [-0.2, 0) is 6.54 Å². The van der Waals surface area contributed by atoms with Crippen LogP contribution in [0.1, 0.15) is 16.1 Å². The number of hydrogen-bond acceptors (Lipinski definition) is 3. The molecule has 20 heavy (non-hydrogen) atoms. The van der Waals surface area contributed by atoms with E-state index < -0.39 is 23.4 Å². The fourth-order valence-corrected chi connectivity index (χ4v) is 1.57. The van der Waals surface area contributed by atoms with Gasteiger partial charge in [-0.3, -0.25) is 0 Å². The van der Waals surface area contributed by atoms with Crippen LogP contribution >= 0.6 is 0 Å². The van der Waals surface area contributed by atoms with Gasteiger partial charge in [-0.25, -0.2) is 19.0 Å². The number of carboxylic acids is 1. The van der Waals surface area contributed by atoms with Crippen molar-refractivity contribution in [2.45, 2.75) is 6.54 Å². The number of halogens is 1. The maximum atomic E-state index is 13.4. The number of rotatable bonds is 4. The lowest BCUT2D eigenvalue weighted by atomic mass is 10.1. The number of imidazole rings is 1. The van der Waals surface area contributed by atoms with E-state index in [0.29, 0.717) is 5.69 Å². The van der Waals surface area contributed by atoms with Gasteiger partial charge in [-0.05, 0) is 12.1 Å². The van der Waals surface area contributed by atoms with E-state index in [-0.39, 0.29) is 12.2 Å². The number of aromatic carboxylic acids is 1. The predicted octanol–water partition coefficient (Wildman–Crippen LogP) is 1.57. The molecule has 2 rings (SSSR count). The van der Waals surface area contributed by atoms with Crippen LogP contribution in [0.15, 0.2) is 30.7 Å². The Bertz CT molecular complexity index is 628. The summed E-state index contributed by atoms with van der Waals surface area (Å²) in [4.78, 5) is 29.1. The summed E-state index contributed by atoms with van der Waals surface area (Å²) in [5.74, 6) is -2.36. The second-order valence-corrected chi connectivity index (χ2v) is 3.85. The number of carboxylic acid groups (broad SMARTS) is 1. The molecule has 0 saturated heterocycles. The minimum atomic E-state index is -1.45. The highest BCUT2D eigenvalue weighted by atomic mass is 19.1. The summed E-state index contributed by atoms with van der Waals surface area (Å²) in [7, 11) is 0. The Balaban J connectivity index is 2.04. The number of nitrogens with one attached hydrogen (secondary N) is 3. The summed E-state index contributed by atoms with van der Waals surface area (Å²) in [5, 5.41) is 13.7. The van der Waals surface area contributed by atoms with E-state index in [0.717, 1.165) is 6.07 Å². The maximum Gasteiger partial charge on any atom is 0.340 e. The molecule has 0 bridgehead atoms. The SMILES string of the molecule is O=C(NCc1cnc[nH]1)Nc1cccc(F)c1C(=O)O. The Kier molecular flexibility index (Phi) is 3.94.